The molecule has 3 rings (SSSR count). The highest BCUT2D eigenvalue weighted by Crippen LogP contribution is 2.44. The number of hydrogen-bond acceptors (Lipinski definition) is 3. The standard InChI is InChI=1S/C19H28N2O3/c22-14-19(9-10-19)13-20-18(23)21-16-6-4-5-15(11-16)12-24-17-7-2-1-3-8-17/h4-6,11,17,22H,1-3,7-10,12-14H2,(H2,20,21,23). The van der Waals surface area contributed by atoms with Crippen molar-refractivity contribution in [2.45, 2.75) is 57.7 Å². The molecule has 5 heteroatoms. The van der Waals surface area contributed by atoms with E-state index in [-0.39, 0.29) is 18.1 Å². The van der Waals surface area contributed by atoms with Gasteiger partial charge in [0.15, 0.2) is 0 Å². The first kappa shape index (κ1) is 17.2. The van der Waals surface area contributed by atoms with E-state index >= 15 is 0 Å². The predicted molar refractivity (Wildman–Crippen MR) is 93.9 cm³/mol. The number of carbonyl (C=O) groups is 1. The molecule has 2 aliphatic carbocycles. The van der Waals surface area contributed by atoms with Crippen molar-refractivity contribution in [3.63, 3.8) is 0 Å². The van der Waals surface area contributed by atoms with Gasteiger partial charge in [0.1, 0.15) is 0 Å². The van der Waals surface area contributed by atoms with Crippen LogP contribution in [0.3, 0.4) is 0 Å². The summed E-state index contributed by atoms with van der Waals surface area (Å²) in [5, 5.41) is 15.0. The van der Waals surface area contributed by atoms with Gasteiger partial charge in [0.2, 0.25) is 0 Å². The normalized spacial score (nSPS) is 19.7. The van der Waals surface area contributed by atoms with Crippen molar-refractivity contribution in [1.29, 1.82) is 0 Å². The van der Waals surface area contributed by atoms with Crippen LogP contribution in [0.2, 0.25) is 0 Å². The van der Waals surface area contributed by atoms with Crippen LogP contribution >= 0.6 is 0 Å². The smallest absolute Gasteiger partial charge is 0.319 e. The molecule has 2 aliphatic rings. The Morgan fingerprint density at radius 1 is 1.25 bits per heavy atom. The van der Waals surface area contributed by atoms with Crippen LogP contribution < -0.4 is 10.6 Å². The third-order valence-electron chi connectivity index (χ3n) is 5.14. The second kappa shape index (κ2) is 7.99. The van der Waals surface area contributed by atoms with E-state index < -0.39 is 0 Å². The van der Waals surface area contributed by atoms with E-state index in [0.29, 0.717) is 19.3 Å². The Labute approximate surface area is 143 Å². The van der Waals surface area contributed by atoms with Crippen LogP contribution in [0.25, 0.3) is 0 Å². The third kappa shape index (κ3) is 4.95. The molecular weight excluding hydrogens is 304 g/mol. The maximum atomic E-state index is 12.0. The summed E-state index contributed by atoms with van der Waals surface area (Å²) in [4.78, 5) is 12.0. The lowest BCUT2D eigenvalue weighted by Gasteiger charge is -2.22. The Morgan fingerprint density at radius 3 is 2.75 bits per heavy atom. The van der Waals surface area contributed by atoms with Gasteiger partial charge in [0, 0.05) is 17.6 Å². The number of hydrogen-bond donors (Lipinski definition) is 3. The highest BCUT2D eigenvalue weighted by Gasteiger charge is 2.42. The molecule has 132 valence electrons. The first-order valence-electron chi connectivity index (χ1n) is 9.05. The zero-order chi connectivity index (χ0) is 16.8. The van der Waals surface area contributed by atoms with Crippen molar-refractivity contribution in [3.8, 4) is 0 Å². The lowest BCUT2D eigenvalue weighted by Crippen LogP contribution is -2.35. The largest absolute Gasteiger partial charge is 0.396 e. The number of aliphatic hydroxyl groups is 1. The number of ether oxygens (including phenoxy) is 1. The Balaban J connectivity index is 1.44. The molecule has 0 atom stereocenters. The number of carbonyl (C=O) groups excluding carboxylic acids is 1. The van der Waals surface area contributed by atoms with Crippen molar-refractivity contribution < 1.29 is 14.6 Å². The van der Waals surface area contributed by atoms with E-state index in [1.807, 2.05) is 24.3 Å². The SMILES string of the molecule is O=C(NCC1(CO)CC1)Nc1cccc(COC2CCCCC2)c1. The highest BCUT2D eigenvalue weighted by molar-refractivity contribution is 5.89. The van der Waals surface area contributed by atoms with Crippen LogP contribution in [0.1, 0.15) is 50.5 Å². The molecule has 3 N–H and O–H groups in total. The molecule has 2 amide bonds. The molecule has 1 aromatic carbocycles. The number of benzene rings is 1. The molecule has 0 saturated heterocycles. The molecule has 2 saturated carbocycles. The molecule has 0 spiro atoms. The molecule has 2 fully saturated rings. The Morgan fingerprint density at radius 2 is 2.04 bits per heavy atom. The second-order valence-electron chi connectivity index (χ2n) is 7.24. The summed E-state index contributed by atoms with van der Waals surface area (Å²) in [6.07, 6.45) is 8.53. The van der Waals surface area contributed by atoms with Crippen LogP contribution in [-0.2, 0) is 11.3 Å². The number of amides is 2. The van der Waals surface area contributed by atoms with Crippen LogP contribution in [0, 0.1) is 5.41 Å². The summed E-state index contributed by atoms with van der Waals surface area (Å²) in [6, 6.07) is 7.58. The van der Waals surface area contributed by atoms with Gasteiger partial charge in [-0.1, -0.05) is 31.4 Å². The quantitative estimate of drug-likeness (QED) is 0.716. The second-order valence-corrected chi connectivity index (χ2v) is 7.24. The summed E-state index contributed by atoms with van der Waals surface area (Å²) >= 11 is 0. The fourth-order valence-corrected chi connectivity index (χ4v) is 3.20. The lowest BCUT2D eigenvalue weighted by atomic mass is 9.98. The number of urea groups is 1. The molecule has 0 radical (unpaired) electrons. The molecule has 5 nitrogen and oxygen atoms in total. The van der Waals surface area contributed by atoms with Crippen LogP contribution in [0.15, 0.2) is 24.3 Å². The van der Waals surface area contributed by atoms with Gasteiger partial charge in [-0.2, -0.15) is 0 Å². The molecular formula is C19H28N2O3. The third-order valence-corrected chi connectivity index (χ3v) is 5.14. The Hall–Kier alpha value is -1.59. The van der Waals surface area contributed by atoms with E-state index in [1.165, 1.54) is 19.3 Å². The van der Waals surface area contributed by atoms with Gasteiger partial charge in [-0.25, -0.2) is 4.79 Å². The van der Waals surface area contributed by atoms with E-state index in [1.54, 1.807) is 0 Å². The van der Waals surface area contributed by atoms with Crippen LogP contribution in [0.4, 0.5) is 10.5 Å². The molecule has 0 heterocycles. The summed E-state index contributed by atoms with van der Waals surface area (Å²) in [6.45, 7) is 1.26. The number of anilines is 1. The zero-order valence-corrected chi connectivity index (χ0v) is 14.2. The number of aliphatic hydroxyl groups excluding tert-OH is 1. The number of nitrogens with one attached hydrogen (secondary N) is 2. The predicted octanol–water partition coefficient (Wildman–Crippen LogP) is 3.43. The average Bonchev–Trinajstić information content (AvgIpc) is 3.40. The minimum atomic E-state index is -0.222. The highest BCUT2D eigenvalue weighted by atomic mass is 16.5. The monoisotopic (exact) mass is 332 g/mol. The minimum Gasteiger partial charge on any atom is -0.396 e. The van der Waals surface area contributed by atoms with Crippen LogP contribution in [-0.4, -0.2) is 30.4 Å². The first-order chi connectivity index (χ1) is 11.7. The van der Waals surface area contributed by atoms with E-state index in [0.717, 1.165) is 36.9 Å². The molecule has 0 bridgehead atoms. The maximum Gasteiger partial charge on any atom is 0.319 e. The van der Waals surface area contributed by atoms with Crippen molar-refractivity contribution >= 4 is 11.7 Å². The van der Waals surface area contributed by atoms with Gasteiger partial charge < -0.3 is 20.5 Å². The van der Waals surface area contributed by atoms with Gasteiger partial charge in [-0.15, -0.1) is 0 Å². The van der Waals surface area contributed by atoms with Crippen molar-refractivity contribution in [1.82, 2.24) is 5.32 Å². The fourth-order valence-electron chi connectivity index (χ4n) is 3.20. The van der Waals surface area contributed by atoms with Gasteiger partial charge in [-0.05, 0) is 43.4 Å². The van der Waals surface area contributed by atoms with Gasteiger partial charge in [0.05, 0.1) is 19.3 Å². The average molecular weight is 332 g/mol. The molecule has 1 aromatic rings. The van der Waals surface area contributed by atoms with Gasteiger partial charge in [0.25, 0.3) is 0 Å². The van der Waals surface area contributed by atoms with E-state index in [4.69, 9.17) is 4.74 Å². The summed E-state index contributed by atoms with van der Waals surface area (Å²) < 4.78 is 5.99. The van der Waals surface area contributed by atoms with Gasteiger partial charge in [-0.3, -0.25) is 0 Å². The maximum absolute atomic E-state index is 12.0. The zero-order valence-electron chi connectivity index (χ0n) is 14.2. The molecule has 24 heavy (non-hydrogen) atoms. The Bertz CT molecular complexity index is 551. The summed E-state index contributed by atoms with van der Waals surface area (Å²) in [5.41, 5.74) is 1.77. The Kier molecular flexibility index (Phi) is 5.74. The molecule has 0 aliphatic heterocycles. The molecule has 0 aromatic heterocycles. The van der Waals surface area contributed by atoms with E-state index in [2.05, 4.69) is 10.6 Å². The van der Waals surface area contributed by atoms with Crippen molar-refractivity contribution in [3.05, 3.63) is 29.8 Å². The van der Waals surface area contributed by atoms with Gasteiger partial charge >= 0.3 is 6.03 Å². The lowest BCUT2D eigenvalue weighted by molar-refractivity contribution is 0.0169. The minimum absolute atomic E-state index is 0.0764. The first-order valence-corrected chi connectivity index (χ1v) is 9.05. The van der Waals surface area contributed by atoms with Crippen molar-refractivity contribution in [2.24, 2.45) is 5.41 Å². The topological polar surface area (TPSA) is 70.6 Å². The summed E-state index contributed by atoms with van der Waals surface area (Å²) in [5.74, 6) is 0. The van der Waals surface area contributed by atoms with Crippen molar-refractivity contribution in [2.75, 3.05) is 18.5 Å². The fraction of sp³-hybridized carbons (Fsp3) is 0.632. The number of rotatable bonds is 7. The van der Waals surface area contributed by atoms with E-state index in [9.17, 15) is 9.90 Å². The van der Waals surface area contributed by atoms with Crippen LogP contribution in [0.5, 0.6) is 0 Å². The molecule has 0 unspecified atom stereocenters. The summed E-state index contributed by atoms with van der Waals surface area (Å²) in [7, 11) is 0.